The normalized spacial score (nSPS) is 10.0. The molecule has 0 unspecified atom stereocenters. The van der Waals surface area contributed by atoms with Gasteiger partial charge < -0.3 is 5.32 Å². The summed E-state index contributed by atoms with van der Waals surface area (Å²) in [6, 6.07) is 5.52. The number of carbonyl (C=O) groups is 1. The Morgan fingerprint density at radius 1 is 1.69 bits per heavy atom. The fourth-order valence-corrected chi connectivity index (χ4v) is 1.17. The molecule has 4 nitrogen and oxygen atoms in total. The maximum atomic E-state index is 10.6. The molecule has 82 valence electrons. The molecule has 16 heavy (non-hydrogen) atoms. The van der Waals surface area contributed by atoms with Crippen molar-refractivity contribution in [1.82, 2.24) is 10.3 Å². The van der Waals surface area contributed by atoms with Crippen LogP contribution >= 0.6 is 0 Å². The smallest absolute Gasteiger partial charge is 0.216 e. The molecular weight excluding hydrogens is 202 g/mol. The summed E-state index contributed by atoms with van der Waals surface area (Å²) in [5, 5.41) is 11.5. The lowest BCUT2D eigenvalue weighted by atomic mass is 10.2. The Morgan fingerprint density at radius 2 is 2.50 bits per heavy atom. The summed E-state index contributed by atoms with van der Waals surface area (Å²) in [5.74, 6) is -0.0380. The zero-order valence-electron chi connectivity index (χ0n) is 9.10. The number of hydrogen-bond acceptors (Lipinski definition) is 3. The van der Waals surface area contributed by atoms with Crippen LogP contribution in [0, 0.1) is 11.3 Å². The molecule has 1 amide bonds. The van der Waals surface area contributed by atoms with E-state index in [1.165, 1.54) is 6.92 Å². The van der Waals surface area contributed by atoms with Gasteiger partial charge in [0, 0.05) is 19.7 Å². The van der Waals surface area contributed by atoms with Crippen LogP contribution in [0.5, 0.6) is 0 Å². The Bertz CT molecular complexity index is 432. The molecule has 4 heteroatoms. The molecule has 0 aliphatic carbocycles. The monoisotopic (exact) mass is 215 g/mol. The Labute approximate surface area is 94.6 Å². The average Bonchev–Trinajstić information content (AvgIpc) is 2.29. The number of hydrogen-bond donors (Lipinski definition) is 1. The van der Waals surface area contributed by atoms with Crippen molar-refractivity contribution in [2.75, 3.05) is 6.54 Å². The Kier molecular flexibility index (Phi) is 4.74. The summed E-state index contributed by atoms with van der Waals surface area (Å²) in [5.41, 5.74) is 1.21. The number of rotatable bonds is 4. The number of aromatic nitrogens is 1. The van der Waals surface area contributed by atoms with Gasteiger partial charge in [-0.1, -0.05) is 6.08 Å². The van der Waals surface area contributed by atoms with E-state index in [-0.39, 0.29) is 5.91 Å². The highest BCUT2D eigenvalue weighted by molar-refractivity contribution is 5.72. The number of nitrogens with one attached hydrogen (secondary N) is 1. The van der Waals surface area contributed by atoms with Crippen LogP contribution in [0.3, 0.4) is 0 Å². The van der Waals surface area contributed by atoms with Gasteiger partial charge in [-0.3, -0.25) is 9.78 Å². The van der Waals surface area contributed by atoms with Crippen molar-refractivity contribution in [1.29, 1.82) is 5.26 Å². The Morgan fingerprint density at radius 3 is 3.19 bits per heavy atom. The molecule has 0 aliphatic heterocycles. The van der Waals surface area contributed by atoms with Crippen molar-refractivity contribution in [2.24, 2.45) is 0 Å². The third kappa shape index (κ3) is 3.93. The number of nitriles is 1. The molecular formula is C12H13N3O. The van der Waals surface area contributed by atoms with E-state index in [4.69, 9.17) is 5.26 Å². The second-order valence-corrected chi connectivity index (χ2v) is 3.22. The first-order valence-electron chi connectivity index (χ1n) is 5.00. The maximum absolute atomic E-state index is 10.6. The minimum atomic E-state index is -0.0380. The number of carbonyl (C=O) groups excluding carboxylic acids is 1. The van der Waals surface area contributed by atoms with Crippen LogP contribution in [-0.4, -0.2) is 17.4 Å². The standard InChI is InChI=1S/C12H13N3O/c1-10(16)14-7-3-2-6-12-11(9-13)5-4-8-15-12/h2,4-6,8H,3,7H2,1H3,(H,14,16). The summed E-state index contributed by atoms with van der Waals surface area (Å²) < 4.78 is 0. The molecule has 0 saturated carbocycles. The Balaban J connectivity index is 2.50. The third-order valence-electron chi connectivity index (χ3n) is 1.92. The number of amides is 1. The molecule has 1 aromatic heterocycles. The van der Waals surface area contributed by atoms with E-state index >= 15 is 0 Å². The molecule has 0 bridgehead atoms. The van der Waals surface area contributed by atoms with Crippen molar-refractivity contribution < 1.29 is 4.79 Å². The van der Waals surface area contributed by atoms with Crippen molar-refractivity contribution in [3.8, 4) is 6.07 Å². The molecule has 1 rings (SSSR count). The predicted octanol–water partition coefficient (Wildman–Crippen LogP) is 1.49. The maximum Gasteiger partial charge on any atom is 0.216 e. The van der Waals surface area contributed by atoms with Gasteiger partial charge in [0.1, 0.15) is 6.07 Å². The second-order valence-electron chi connectivity index (χ2n) is 3.22. The van der Waals surface area contributed by atoms with E-state index in [9.17, 15) is 4.79 Å². The van der Waals surface area contributed by atoms with Gasteiger partial charge in [-0.15, -0.1) is 0 Å². The van der Waals surface area contributed by atoms with Gasteiger partial charge >= 0.3 is 0 Å². The number of pyridine rings is 1. The highest BCUT2D eigenvalue weighted by atomic mass is 16.1. The third-order valence-corrected chi connectivity index (χ3v) is 1.92. The highest BCUT2D eigenvalue weighted by Crippen LogP contribution is 2.05. The van der Waals surface area contributed by atoms with Gasteiger partial charge in [-0.05, 0) is 24.6 Å². The first-order chi connectivity index (χ1) is 7.74. The second kappa shape index (κ2) is 6.36. The van der Waals surface area contributed by atoms with Crippen molar-refractivity contribution in [3.63, 3.8) is 0 Å². The van der Waals surface area contributed by atoms with Crippen molar-refractivity contribution in [2.45, 2.75) is 13.3 Å². The molecule has 0 atom stereocenters. The molecule has 0 aliphatic rings. The van der Waals surface area contributed by atoms with E-state index in [0.29, 0.717) is 17.8 Å². The van der Waals surface area contributed by atoms with Crippen LogP contribution in [-0.2, 0) is 4.79 Å². The summed E-state index contributed by atoms with van der Waals surface area (Å²) >= 11 is 0. The van der Waals surface area contributed by atoms with Crippen LogP contribution in [0.1, 0.15) is 24.6 Å². The SMILES string of the molecule is CC(=O)NCCC=Cc1ncccc1C#N. The Hall–Kier alpha value is -2.15. The zero-order valence-corrected chi connectivity index (χ0v) is 9.10. The molecule has 1 N–H and O–H groups in total. The van der Waals surface area contributed by atoms with Gasteiger partial charge in [-0.25, -0.2) is 0 Å². The molecule has 0 radical (unpaired) electrons. The fourth-order valence-electron chi connectivity index (χ4n) is 1.17. The van der Waals surface area contributed by atoms with E-state index in [1.807, 2.05) is 6.08 Å². The summed E-state index contributed by atoms with van der Waals surface area (Å²) in [6.07, 6.45) is 6.05. The quantitative estimate of drug-likeness (QED) is 0.774. The summed E-state index contributed by atoms with van der Waals surface area (Å²) in [7, 11) is 0. The summed E-state index contributed by atoms with van der Waals surface area (Å²) in [4.78, 5) is 14.7. The molecule has 0 fully saturated rings. The highest BCUT2D eigenvalue weighted by Gasteiger charge is 1.96. The molecule has 0 aromatic carbocycles. The van der Waals surface area contributed by atoms with Gasteiger partial charge in [0.25, 0.3) is 0 Å². The molecule has 1 aromatic rings. The van der Waals surface area contributed by atoms with Gasteiger partial charge in [0.15, 0.2) is 0 Å². The minimum absolute atomic E-state index is 0.0380. The van der Waals surface area contributed by atoms with Crippen LogP contribution in [0.15, 0.2) is 24.4 Å². The van der Waals surface area contributed by atoms with E-state index in [1.54, 1.807) is 24.4 Å². The topological polar surface area (TPSA) is 65.8 Å². The van der Waals surface area contributed by atoms with Crippen LogP contribution < -0.4 is 5.32 Å². The largest absolute Gasteiger partial charge is 0.356 e. The molecule has 0 saturated heterocycles. The fraction of sp³-hybridized carbons (Fsp3) is 0.250. The zero-order chi connectivity index (χ0) is 11.8. The number of nitrogens with zero attached hydrogens (tertiary/aromatic N) is 2. The average molecular weight is 215 g/mol. The first kappa shape index (κ1) is 11.9. The van der Waals surface area contributed by atoms with Crippen LogP contribution in [0.25, 0.3) is 6.08 Å². The van der Waals surface area contributed by atoms with Crippen LogP contribution in [0.2, 0.25) is 0 Å². The summed E-state index contributed by atoms with van der Waals surface area (Å²) in [6.45, 7) is 2.08. The predicted molar refractivity (Wildman–Crippen MR) is 61.3 cm³/mol. The van der Waals surface area contributed by atoms with Crippen molar-refractivity contribution in [3.05, 3.63) is 35.7 Å². The lowest BCUT2D eigenvalue weighted by Crippen LogP contribution is -2.20. The van der Waals surface area contributed by atoms with E-state index in [0.717, 1.165) is 6.42 Å². The van der Waals surface area contributed by atoms with E-state index < -0.39 is 0 Å². The minimum Gasteiger partial charge on any atom is -0.356 e. The van der Waals surface area contributed by atoms with Crippen molar-refractivity contribution >= 4 is 12.0 Å². The van der Waals surface area contributed by atoms with Gasteiger partial charge in [0.05, 0.1) is 11.3 Å². The molecule has 1 heterocycles. The lowest BCUT2D eigenvalue weighted by Gasteiger charge is -1.97. The van der Waals surface area contributed by atoms with Gasteiger partial charge in [0.2, 0.25) is 5.91 Å². The van der Waals surface area contributed by atoms with Gasteiger partial charge in [-0.2, -0.15) is 5.26 Å². The molecule has 0 spiro atoms. The van der Waals surface area contributed by atoms with E-state index in [2.05, 4.69) is 16.4 Å². The lowest BCUT2D eigenvalue weighted by molar-refractivity contribution is -0.118. The first-order valence-corrected chi connectivity index (χ1v) is 5.00. The van der Waals surface area contributed by atoms with Crippen LogP contribution in [0.4, 0.5) is 0 Å².